The van der Waals surface area contributed by atoms with E-state index in [4.69, 9.17) is 5.73 Å². The van der Waals surface area contributed by atoms with E-state index in [2.05, 4.69) is 21.2 Å². The first-order chi connectivity index (χ1) is 10.1. The van der Waals surface area contributed by atoms with Crippen LogP contribution in [0, 0.1) is 6.92 Å². The van der Waals surface area contributed by atoms with Crippen LogP contribution in [0.4, 0.5) is 5.69 Å². The van der Waals surface area contributed by atoms with Gasteiger partial charge >= 0.3 is 0 Å². The molecule has 2 aromatic carbocycles. The summed E-state index contributed by atoms with van der Waals surface area (Å²) in [6.45, 7) is 1.95. The molecule has 1 unspecified atom stereocenters. The first kappa shape index (κ1) is 14.1. The number of carbonyl (C=O) groups excluding carboxylic acids is 1. The lowest BCUT2D eigenvalue weighted by Gasteiger charge is -2.16. The number of hydrogen-bond donors (Lipinski definition) is 2. The molecule has 2 aromatic rings. The highest BCUT2D eigenvalue weighted by molar-refractivity contribution is 9.10. The van der Waals surface area contributed by atoms with Crippen LogP contribution < -0.4 is 11.1 Å². The molecule has 0 spiro atoms. The lowest BCUT2D eigenvalue weighted by atomic mass is 10.1. The van der Waals surface area contributed by atoms with Gasteiger partial charge < -0.3 is 11.1 Å². The Hall–Kier alpha value is -1.81. The van der Waals surface area contributed by atoms with Gasteiger partial charge in [-0.2, -0.15) is 0 Å². The van der Waals surface area contributed by atoms with Crippen LogP contribution in [-0.2, 0) is 6.42 Å². The monoisotopic (exact) mass is 344 g/mol. The van der Waals surface area contributed by atoms with Crippen molar-refractivity contribution in [1.29, 1.82) is 0 Å². The largest absolute Gasteiger partial charge is 0.399 e. The fourth-order valence-electron chi connectivity index (χ4n) is 2.88. The van der Waals surface area contributed by atoms with E-state index in [1.165, 1.54) is 11.1 Å². The molecule has 1 amide bonds. The molecule has 1 aliphatic rings. The van der Waals surface area contributed by atoms with E-state index in [0.29, 0.717) is 5.56 Å². The van der Waals surface area contributed by atoms with Gasteiger partial charge in [0, 0.05) is 15.7 Å². The lowest BCUT2D eigenvalue weighted by molar-refractivity contribution is 0.0936. The van der Waals surface area contributed by atoms with Crippen LogP contribution in [0.1, 0.15) is 39.5 Å². The van der Waals surface area contributed by atoms with Gasteiger partial charge in [0.05, 0.1) is 6.04 Å². The van der Waals surface area contributed by atoms with Crippen molar-refractivity contribution in [2.45, 2.75) is 25.8 Å². The zero-order valence-electron chi connectivity index (χ0n) is 11.8. The van der Waals surface area contributed by atoms with Crippen molar-refractivity contribution < 1.29 is 4.79 Å². The predicted octanol–water partition coefficient (Wildman–Crippen LogP) is 3.76. The molecule has 21 heavy (non-hydrogen) atoms. The molecule has 1 atom stereocenters. The molecule has 3 N–H and O–H groups in total. The number of anilines is 1. The Balaban J connectivity index is 1.83. The van der Waals surface area contributed by atoms with Gasteiger partial charge in [-0.25, -0.2) is 0 Å². The summed E-state index contributed by atoms with van der Waals surface area (Å²) in [6, 6.07) is 11.7. The number of aryl methyl sites for hydroxylation is 1. The molecule has 0 aliphatic heterocycles. The molecule has 0 aromatic heterocycles. The summed E-state index contributed by atoms with van der Waals surface area (Å²) < 4.78 is 0.953. The summed E-state index contributed by atoms with van der Waals surface area (Å²) in [5, 5.41) is 3.14. The molecule has 108 valence electrons. The van der Waals surface area contributed by atoms with E-state index in [1.54, 1.807) is 0 Å². The Morgan fingerprint density at radius 1 is 1.33 bits per heavy atom. The van der Waals surface area contributed by atoms with Gasteiger partial charge in [-0.1, -0.05) is 28.1 Å². The van der Waals surface area contributed by atoms with Crippen molar-refractivity contribution in [2.24, 2.45) is 0 Å². The number of halogens is 1. The highest BCUT2D eigenvalue weighted by Gasteiger charge is 2.24. The number of nitrogens with two attached hydrogens (primary N) is 1. The molecule has 0 bridgehead atoms. The maximum absolute atomic E-state index is 12.5. The predicted molar refractivity (Wildman–Crippen MR) is 88.3 cm³/mol. The minimum atomic E-state index is -0.0246. The van der Waals surface area contributed by atoms with Crippen molar-refractivity contribution in [1.82, 2.24) is 5.32 Å². The number of nitrogen functional groups attached to an aromatic ring is 1. The van der Waals surface area contributed by atoms with Crippen molar-refractivity contribution in [3.05, 3.63) is 63.1 Å². The van der Waals surface area contributed by atoms with E-state index < -0.39 is 0 Å². The molecule has 0 saturated heterocycles. The Bertz CT molecular complexity index is 712. The van der Waals surface area contributed by atoms with Crippen LogP contribution in [-0.4, -0.2) is 5.91 Å². The number of rotatable bonds is 2. The van der Waals surface area contributed by atoms with Crippen LogP contribution in [0.25, 0.3) is 0 Å². The van der Waals surface area contributed by atoms with Gasteiger partial charge in [0.2, 0.25) is 0 Å². The second kappa shape index (κ2) is 5.53. The van der Waals surface area contributed by atoms with Crippen molar-refractivity contribution in [3.63, 3.8) is 0 Å². The number of benzene rings is 2. The van der Waals surface area contributed by atoms with Crippen LogP contribution in [0.2, 0.25) is 0 Å². The van der Waals surface area contributed by atoms with Crippen LogP contribution in [0.5, 0.6) is 0 Å². The Morgan fingerprint density at radius 3 is 2.95 bits per heavy atom. The Labute approximate surface area is 132 Å². The van der Waals surface area contributed by atoms with Crippen molar-refractivity contribution in [3.8, 4) is 0 Å². The summed E-state index contributed by atoms with van der Waals surface area (Å²) in [5.74, 6) is -0.0246. The first-order valence-electron chi connectivity index (χ1n) is 7.00. The molecule has 3 nitrogen and oxygen atoms in total. The third kappa shape index (κ3) is 2.68. The Kier molecular flexibility index (Phi) is 3.72. The summed E-state index contributed by atoms with van der Waals surface area (Å²) in [4.78, 5) is 12.5. The normalized spacial score (nSPS) is 16.6. The van der Waals surface area contributed by atoms with Crippen LogP contribution in [0.3, 0.4) is 0 Å². The Morgan fingerprint density at radius 2 is 2.14 bits per heavy atom. The summed E-state index contributed by atoms with van der Waals surface area (Å²) in [7, 11) is 0. The van der Waals surface area contributed by atoms with Gasteiger partial charge in [-0.05, 0) is 60.7 Å². The quantitative estimate of drug-likeness (QED) is 0.815. The maximum Gasteiger partial charge on any atom is 0.252 e. The zero-order valence-corrected chi connectivity index (χ0v) is 13.4. The molecule has 0 heterocycles. The standard InChI is InChI=1S/C17H17BrN2O/c1-10-13(3-2-4-15(10)18)17(21)20-16-8-5-11-9-12(19)6-7-14(11)16/h2-4,6-7,9,16H,5,8,19H2,1H3,(H,20,21). The fourth-order valence-corrected chi connectivity index (χ4v) is 3.24. The number of nitrogens with one attached hydrogen (secondary N) is 1. The third-order valence-electron chi connectivity index (χ3n) is 4.06. The highest BCUT2D eigenvalue weighted by atomic mass is 79.9. The molecule has 0 saturated carbocycles. The van der Waals surface area contributed by atoms with E-state index in [1.807, 2.05) is 43.3 Å². The zero-order chi connectivity index (χ0) is 15.0. The molecule has 0 radical (unpaired) electrons. The van der Waals surface area contributed by atoms with Gasteiger partial charge in [0.1, 0.15) is 0 Å². The molecule has 3 rings (SSSR count). The average Bonchev–Trinajstić information content (AvgIpc) is 2.84. The fraction of sp³-hybridized carbons (Fsp3) is 0.235. The van der Waals surface area contributed by atoms with Crippen molar-refractivity contribution >= 4 is 27.5 Å². The number of carbonyl (C=O) groups is 1. The first-order valence-corrected chi connectivity index (χ1v) is 7.80. The second-order valence-corrected chi connectivity index (χ2v) is 6.29. The lowest BCUT2D eigenvalue weighted by Crippen LogP contribution is -2.27. The highest BCUT2D eigenvalue weighted by Crippen LogP contribution is 2.32. The van der Waals surface area contributed by atoms with Gasteiger partial charge in [0.25, 0.3) is 5.91 Å². The van der Waals surface area contributed by atoms with E-state index in [-0.39, 0.29) is 11.9 Å². The van der Waals surface area contributed by atoms with Crippen molar-refractivity contribution in [2.75, 3.05) is 5.73 Å². The molecular formula is C17H17BrN2O. The third-order valence-corrected chi connectivity index (χ3v) is 4.92. The number of fused-ring (bicyclic) bond motifs is 1. The molecule has 1 aliphatic carbocycles. The van der Waals surface area contributed by atoms with E-state index in [0.717, 1.165) is 28.6 Å². The summed E-state index contributed by atoms with van der Waals surface area (Å²) in [6.07, 6.45) is 1.89. The van der Waals surface area contributed by atoms with Crippen LogP contribution >= 0.6 is 15.9 Å². The molecular weight excluding hydrogens is 328 g/mol. The summed E-state index contributed by atoms with van der Waals surface area (Å²) >= 11 is 3.47. The average molecular weight is 345 g/mol. The second-order valence-electron chi connectivity index (χ2n) is 5.44. The topological polar surface area (TPSA) is 55.1 Å². The maximum atomic E-state index is 12.5. The van der Waals surface area contributed by atoms with E-state index >= 15 is 0 Å². The molecule has 0 fully saturated rings. The molecule has 4 heteroatoms. The van der Waals surface area contributed by atoms with Crippen LogP contribution in [0.15, 0.2) is 40.9 Å². The van der Waals surface area contributed by atoms with Gasteiger partial charge in [-0.3, -0.25) is 4.79 Å². The van der Waals surface area contributed by atoms with Gasteiger partial charge in [-0.15, -0.1) is 0 Å². The summed E-state index contributed by atoms with van der Waals surface area (Å²) in [5.41, 5.74) is 10.7. The number of hydrogen-bond acceptors (Lipinski definition) is 2. The minimum absolute atomic E-state index is 0.0246. The van der Waals surface area contributed by atoms with E-state index in [9.17, 15) is 4.79 Å². The number of amides is 1. The van der Waals surface area contributed by atoms with Gasteiger partial charge in [0.15, 0.2) is 0 Å². The minimum Gasteiger partial charge on any atom is -0.399 e. The SMILES string of the molecule is Cc1c(Br)cccc1C(=O)NC1CCc2cc(N)ccc21. The smallest absolute Gasteiger partial charge is 0.252 e.